The van der Waals surface area contributed by atoms with Crippen molar-refractivity contribution in [2.75, 3.05) is 26.2 Å². The molecule has 0 unspecified atom stereocenters. The van der Waals surface area contributed by atoms with E-state index in [-0.39, 0.29) is 22.0 Å². The summed E-state index contributed by atoms with van der Waals surface area (Å²) < 4.78 is 39.0. The molecule has 9 heteroatoms. The number of hydrogen-bond acceptors (Lipinski definition) is 3. The van der Waals surface area contributed by atoms with Gasteiger partial charge in [-0.3, -0.25) is 4.79 Å². The van der Waals surface area contributed by atoms with E-state index in [4.69, 9.17) is 11.6 Å². The molecule has 0 saturated heterocycles. The zero-order chi connectivity index (χ0) is 22.6. The highest BCUT2D eigenvalue weighted by molar-refractivity contribution is 6.35. The van der Waals surface area contributed by atoms with Crippen LogP contribution in [0.25, 0.3) is 22.4 Å². The molecule has 0 aliphatic carbocycles. The van der Waals surface area contributed by atoms with Gasteiger partial charge in [0.25, 0.3) is 5.91 Å². The fourth-order valence-electron chi connectivity index (χ4n) is 3.30. The third-order valence-corrected chi connectivity index (χ3v) is 5.41. The third-order valence-electron chi connectivity index (χ3n) is 5.12. The van der Waals surface area contributed by atoms with Gasteiger partial charge in [0.15, 0.2) is 0 Å². The fraction of sp³-hybridized carbons (Fsp3) is 0.364. The van der Waals surface area contributed by atoms with Crippen LogP contribution in [0.1, 0.15) is 36.2 Å². The smallest absolute Gasteiger partial charge is 0.352 e. The molecule has 31 heavy (non-hydrogen) atoms. The van der Waals surface area contributed by atoms with E-state index >= 15 is 0 Å². The number of aromatic amines is 1. The maximum atomic E-state index is 13.0. The molecule has 0 bridgehead atoms. The van der Waals surface area contributed by atoms with Crippen molar-refractivity contribution >= 4 is 28.5 Å². The Balaban J connectivity index is 1.69. The largest absolute Gasteiger partial charge is 0.416 e. The molecular weight excluding hydrogens is 429 g/mol. The van der Waals surface area contributed by atoms with Gasteiger partial charge in [0.05, 0.1) is 16.1 Å². The lowest BCUT2D eigenvalue weighted by Crippen LogP contribution is -2.29. The van der Waals surface area contributed by atoms with Crippen molar-refractivity contribution < 1.29 is 18.0 Å². The molecule has 5 nitrogen and oxygen atoms in total. The number of carbonyl (C=O) groups is 1. The highest BCUT2D eigenvalue weighted by Gasteiger charge is 2.31. The number of nitrogens with one attached hydrogen (secondary N) is 2. The molecule has 0 saturated carbocycles. The van der Waals surface area contributed by atoms with Crippen molar-refractivity contribution in [2.45, 2.75) is 26.4 Å². The summed E-state index contributed by atoms with van der Waals surface area (Å²) in [5.41, 5.74) is 0.761. The number of H-pyrrole nitrogens is 1. The van der Waals surface area contributed by atoms with Crippen LogP contribution in [0.15, 0.2) is 36.4 Å². The Bertz CT molecular complexity index is 1040. The van der Waals surface area contributed by atoms with Crippen molar-refractivity contribution in [1.29, 1.82) is 0 Å². The number of carbonyl (C=O) groups excluding carboxylic acids is 1. The molecule has 0 fully saturated rings. The van der Waals surface area contributed by atoms with Crippen LogP contribution < -0.4 is 5.32 Å². The molecule has 3 aromatic rings. The number of halogens is 4. The van der Waals surface area contributed by atoms with Crippen LogP contribution in [-0.2, 0) is 6.18 Å². The number of nitrogens with zero attached hydrogens (tertiary/aromatic N) is 2. The minimum Gasteiger partial charge on any atom is -0.352 e. The minimum absolute atomic E-state index is 0.0759. The number of fused-ring (bicyclic) bond motifs is 1. The Labute approximate surface area is 183 Å². The summed E-state index contributed by atoms with van der Waals surface area (Å²) in [5.74, 6) is 0.205. The second kappa shape index (κ2) is 9.70. The molecule has 0 aliphatic heterocycles. The van der Waals surface area contributed by atoms with Crippen molar-refractivity contribution in [3.05, 3.63) is 52.5 Å². The van der Waals surface area contributed by atoms with Crippen LogP contribution >= 0.6 is 11.6 Å². The van der Waals surface area contributed by atoms with Gasteiger partial charge in [-0.15, -0.1) is 0 Å². The first-order valence-corrected chi connectivity index (χ1v) is 10.5. The molecule has 0 aliphatic rings. The van der Waals surface area contributed by atoms with Gasteiger partial charge in [-0.05, 0) is 50.3 Å². The number of aromatic nitrogens is 2. The molecule has 3 rings (SSSR count). The zero-order valence-corrected chi connectivity index (χ0v) is 18.1. The first-order valence-electron chi connectivity index (χ1n) is 10.1. The Kier molecular flexibility index (Phi) is 7.23. The topological polar surface area (TPSA) is 61.0 Å². The number of imidazole rings is 1. The molecule has 0 spiro atoms. The maximum absolute atomic E-state index is 13.0. The van der Waals surface area contributed by atoms with E-state index in [9.17, 15) is 18.0 Å². The van der Waals surface area contributed by atoms with Crippen LogP contribution in [-0.4, -0.2) is 47.0 Å². The van der Waals surface area contributed by atoms with Crippen molar-refractivity contribution in [2.24, 2.45) is 0 Å². The van der Waals surface area contributed by atoms with Crippen molar-refractivity contribution in [1.82, 2.24) is 20.2 Å². The van der Waals surface area contributed by atoms with Gasteiger partial charge in [0, 0.05) is 17.7 Å². The highest BCUT2D eigenvalue weighted by Crippen LogP contribution is 2.35. The van der Waals surface area contributed by atoms with E-state index in [0.29, 0.717) is 23.5 Å². The molecule has 2 aromatic carbocycles. The third kappa shape index (κ3) is 5.57. The monoisotopic (exact) mass is 452 g/mol. The molecular formula is C22H24ClF3N4O. The van der Waals surface area contributed by atoms with Gasteiger partial charge in [0.2, 0.25) is 0 Å². The van der Waals surface area contributed by atoms with Crippen LogP contribution in [0.2, 0.25) is 5.02 Å². The lowest BCUT2D eigenvalue weighted by Gasteiger charge is -2.17. The molecule has 1 amide bonds. The first-order chi connectivity index (χ1) is 14.7. The Morgan fingerprint density at radius 2 is 1.84 bits per heavy atom. The molecule has 1 heterocycles. The molecule has 166 valence electrons. The summed E-state index contributed by atoms with van der Waals surface area (Å²) in [6, 6.07) is 8.55. The molecule has 0 radical (unpaired) electrons. The zero-order valence-electron chi connectivity index (χ0n) is 17.3. The summed E-state index contributed by atoms with van der Waals surface area (Å²) in [4.78, 5) is 21.8. The summed E-state index contributed by atoms with van der Waals surface area (Å²) in [7, 11) is 0. The van der Waals surface area contributed by atoms with Gasteiger partial charge in [-0.1, -0.05) is 37.6 Å². The standard InChI is InChI=1S/C22H24ClF3N4O/c1-3-30(4-2)11-5-10-27-21(31)15-8-6-14(7-9-15)20-28-18-13-16(22(24,25)26)12-17(23)19(18)29-20/h6-9,12-13H,3-5,10-11H2,1-2H3,(H,27,31)(H,28,29). The normalized spacial score (nSPS) is 12.0. The summed E-state index contributed by atoms with van der Waals surface area (Å²) >= 11 is 6.00. The predicted molar refractivity (Wildman–Crippen MR) is 116 cm³/mol. The number of rotatable bonds is 8. The SMILES string of the molecule is CCN(CC)CCCNC(=O)c1ccc(-c2nc3c(Cl)cc(C(F)(F)F)cc3[nH]2)cc1. The van der Waals surface area contributed by atoms with Gasteiger partial charge in [-0.2, -0.15) is 13.2 Å². The summed E-state index contributed by atoms with van der Waals surface area (Å²) in [6.07, 6.45) is -3.63. The van der Waals surface area contributed by atoms with E-state index in [2.05, 4.69) is 34.0 Å². The van der Waals surface area contributed by atoms with E-state index in [1.54, 1.807) is 24.3 Å². The van der Waals surface area contributed by atoms with Gasteiger partial charge in [-0.25, -0.2) is 4.98 Å². The number of alkyl halides is 3. The highest BCUT2D eigenvalue weighted by atomic mass is 35.5. The lowest BCUT2D eigenvalue weighted by molar-refractivity contribution is -0.137. The quantitative estimate of drug-likeness (QED) is 0.452. The van der Waals surface area contributed by atoms with Gasteiger partial charge >= 0.3 is 6.18 Å². The Hall–Kier alpha value is -2.58. The van der Waals surface area contributed by atoms with Crippen molar-refractivity contribution in [3.8, 4) is 11.4 Å². The average molecular weight is 453 g/mol. The second-order valence-electron chi connectivity index (χ2n) is 7.15. The van der Waals surface area contributed by atoms with E-state index in [1.165, 1.54) is 0 Å². The van der Waals surface area contributed by atoms with Gasteiger partial charge in [0.1, 0.15) is 11.3 Å². The van der Waals surface area contributed by atoms with Crippen LogP contribution in [0, 0.1) is 0 Å². The van der Waals surface area contributed by atoms with Crippen molar-refractivity contribution in [3.63, 3.8) is 0 Å². The fourth-order valence-corrected chi connectivity index (χ4v) is 3.56. The van der Waals surface area contributed by atoms with E-state index in [0.717, 1.165) is 38.2 Å². The summed E-state index contributed by atoms with van der Waals surface area (Å²) in [5, 5.41) is 2.82. The molecule has 0 atom stereocenters. The number of benzene rings is 2. The minimum atomic E-state index is -4.50. The molecule has 2 N–H and O–H groups in total. The molecule has 1 aromatic heterocycles. The van der Waals surface area contributed by atoms with Gasteiger partial charge < -0.3 is 15.2 Å². The Morgan fingerprint density at radius 1 is 1.16 bits per heavy atom. The first kappa shape index (κ1) is 23.1. The summed E-state index contributed by atoms with van der Waals surface area (Å²) in [6.45, 7) is 7.69. The van der Waals surface area contributed by atoms with Crippen LogP contribution in [0.5, 0.6) is 0 Å². The van der Waals surface area contributed by atoms with Crippen LogP contribution in [0.3, 0.4) is 0 Å². The maximum Gasteiger partial charge on any atom is 0.416 e. The van der Waals surface area contributed by atoms with E-state index in [1.807, 2.05) is 0 Å². The van der Waals surface area contributed by atoms with Crippen LogP contribution in [0.4, 0.5) is 13.2 Å². The average Bonchev–Trinajstić information content (AvgIpc) is 3.18. The Morgan fingerprint density at radius 3 is 2.45 bits per heavy atom. The number of amides is 1. The predicted octanol–water partition coefficient (Wildman–Crippen LogP) is 5.36. The lowest BCUT2D eigenvalue weighted by atomic mass is 10.1. The number of hydrogen-bond donors (Lipinski definition) is 2. The second-order valence-corrected chi connectivity index (χ2v) is 7.56. The van der Waals surface area contributed by atoms with E-state index < -0.39 is 11.7 Å².